The van der Waals surface area contributed by atoms with Crippen LogP contribution in [-0.4, -0.2) is 19.0 Å². The maximum absolute atomic E-state index is 12.0. The lowest BCUT2D eigenvalue weighted by Crippen LogP contribution is -2.39. The number of pyridine rings is 1. The molecule has 1 heterocycles. The van der Waals surface area contributed by atoms with E-state index in [1.54, 1.807) is 6.20 Å². The molecule has 5 nitrogen and oxygen atoms in total. The van der Waals surface area contributed by atoms with E-state index in [1.807, 2.05) is 48.5 Å². The first kappa shape index (κ1) is 14.7. The Bertz CT molecular complexity index is 960. The van der Waals surface area contributed by atoms with Crippen molar-refractivity contribution in [1.82, 2.24) is 0 Å². The van der Waals surface area contributed by atoms with Gasteiger partial charge >= 0.3 is 5.97 Å². The van der Waals surface area contributed by atoms with Gasteiger partial charge in [-0.05, 0) is 12.1 Å². The van der Waals surface area contributed by atoms with Gasteiger partial charge in [-0.25, -0.2) is 4.79 Å². The highest BCUT2D eigenvalue weighted by molar-refractivity contribution is 6.12. The van der Waals surface area contributed by atoms with Crippen molar-refractivity contribution in [3.63, 3.8) is 0 Å². The first-order chi connectivity index (χ1) is 11.1. The third-order valence-corrected chi connectivity index (χ3v) is 3.59. The number of carboxylic acids is 1. The summed E-state index contributed by atoms with van der Waals surface area (Å²) in [5.74, 6) is -2.21. The molecular formula is C18H13NO4. The summed E-state index contributed by atoms with van der Waals surface area (Å²) in [6.45, 7) is 0. The minimum Gasteiger partial charge on any atom is -0.545 e. The van der Waals surface area contributed by atoms with Gasteiger partial charge in [-0.15, -0.1) is 0 Å². The Morgan fingerprint density at radius 1 is 1.04 bits per heavy atom. The monoisotopic (exact) mass is 307 g/mol. The molecule has 0 aliphatic heterocycles. The SMILES string of the molecule is COC(=O)/C(=C/C(=O)[O-])[n+]1cc2ccccc2c2ccccc21. The molecule has 3 aromatic rings. The second kappa shape index (κ2) is 5.88. The molecule has 0 fully saturated rings. The number of esters is 1. The van der Waals surface area contributed by atoms with Crippen molar-refractivity contribution in [2.75, 3.05) is 7.11 Å². The highest BCUT2D eigenvalue weighted by atomic mass is 16.5. The number of para-hydroxylation sites is 1. The van der Waals surface area contributed by atoms with Crippen LogP contribution in [0.1, 0.15) is 0 Å². The van der Waals surface area contributed by atoms with Crippen LogP contribution in [0.2, 0.25) is 0 Å². The number of aromatic nitrogens is 1. The molecule has 0 spiro atoms. The van der Waals surface area contributed by atoms with Gasteiger partial charge in [0.1, 0.15) is 0 Å². The van der Waals surface area contributed by atoms with Gasteiger partial charge in [0.2, 0.25) is 5.52 Å². The number of methoxy groups -OCH3 is 1. The van der Waals surface area contributed by atoms with Crippen LogP contribution >= 0.6 is 0 Å². The van der Waals surface area contributed by atoms with Crippen molar-refractivity contribution in [1.29, 1.82) is 0 Å². The molecule has 0 aliphatic carbocycles. The second-order valence-electron chi connectivity index (χ2n) is 4.94. The summed E-state index contributed by atoms with van der Waals surface area (Å²) in [5.41, 5.74) is 0.582. The number of fused-ring (bicyclic) bond motifs is 3. The number of ether oxygens (including phenoxy) is 1. The molecule has 0 amide bonds. The largest absolute Gasteiger partial charge is 0.545 e. The summed E-state index contributed by atoms with van der Waals surface area (Å²) in [6, 6.07) is 15.1. The van der Waals surface area contributed by atoms with Gasteiger partial charge in [0.15, 0.2) is 6.20 Å². The molecular weight excluding hydrogens is 294 g/mol. The average molecular weight is 307 g/mol. The fourth-order valence-electron chi connectivity index (χ4n) is 2.62. The van der Waals surface area contributed by atoms with Crippen LogP contribution in [0.5, 0.6) is 0 Å². The Hall–Kier alpha value is -3.21. The van der Waals surface area contributed by atoms with Crippen molar-refractivity contribution in [2.45, 2.75) is 0 Å². The van der Waals surface area contributed by atoms with Crippen LogP contribution in [0.4, 0.5) is 0 Å². The quantitative estimate of drug-likeness (QED) is 0.314. The smallest absolute Gasteiger partial charge is 0.403 e. The van der Waals surface area contributed by atoms with E-state index in [4.69, 9.17) is 4.74 Å². The van der Waals surface area contributed by atoms with Crippen molar-refractivity contribution in [3.05, 3.63) is 60.8 Å². The third kappa shape index (κ3) is 2.64. The number of carbonyl (C=O) groups excluding carboxylic acids is 2. The lowest BCUT2D eigenvalue weighted by atomic mass is 10.1. The van der Waals surface area contributed by atoms with E-state index in [9.17, 15) is 14.7 Å². The lowest BCUT2D eigenvalue weighted by molar-refractivity contribution is -0.548. The standard InChI is InChI=1S/C18H13NO4/c1-23-18(22)16(10-17(20)21)19-11-12-6-2-3-7-13(12)14-8-4-5-9-15(14)19/h2-11H,1H3/b16-10-. The van der Waals surface area contributed by atoms with Crippen molar-refractivity contribution >= 4 is 39.3 Å². The van der Waals surface area contributed by atoms with Crippen LogP contribution < -0.4 is 9.67 Å². The summed E-state index contributed by atoms with van der Waals surface area (Å²) in [7, 11) is 1.20. The number of hydrogen-bond acceptors (Lipinski definition) is 4. The second-order valence-corrected chi connectivity index (χ2v) is 4.94. The highest BCUT2D eigenvalue weighted by Gasteiger charge is 2.25. The predicted molar refractivity (Wildman–Crippen MR) is 82.9 cm³/mol. The molecule has 0 radical (unpaired) electrons. The summed E-state index contributed by atoms with van der Waals surface area (Å²) in [6.07, 6.45) is 2.45. The molecule has 1 aromatic heterocycles. The average Bonchev–Trinajstić information content (AvgIpc) is 2.58. The Kier molecular flexibility index (Phi) is 3.76. The van der Waals surface area contributed by atoms with Gasteiger partial charge in [0.05, 0.1) is 18.5 Å². The molecule has 0 saturated heterocycles. The molecule has 0 aliphatic rings. The Balaban J connectivity index is 2.43. The van der Waals surface area contributed by atoms with E-state index in [-0.39, 0.29) is 5.70 Å². The molecule has 0 N–H and O–H groups in total. The van der Waals surface area contributed by atoms with E-state index >= 15 is 0 Å². The van der Waals surface area contributed by atoms with Gasteiger partial charge in [-0.1, -0.05) is 30.3 Å². The van der Waals surface area contributed by atoms with Crippen molar-refractivity contribution in [3.8, 4) is 0 Å². The maximum atomic E-state index is 12.0. The van der Waals surface area contributed by atoms with Crippen LogP contribution in [0, 0.1) is 0 Å². The molecule has 0 atom stereocenters. The molecule has 0 saturated carbocycles. The summed E-state index contributed by atoms with van der Waals surface area (Å²) in [5, 5.41) is 13.8. The molecule has 114 valence electrons. The molecule has 5 heteroatoms. The molecule has 0 bridgehead atoms. The van der Waals surface area contributed by atoms with Gasteiger partial charge in [0, 0.05) is 22.9 Å². The van der Waals surface area contributed by atoms with Crippen molar-refractivity contribution < 1.29 is 24.0 Å². The molecule has 2 aromatic carbocycles. The Labute approximate surface area is 132 Å². The fourth-order valence-corrected chi connectivity index (χ4v) is 2.62. The maximum Gasteiger partial charge on any atom is 0.403 e. The zero-order valence-electron chi connectivity index (χ0n) is 12.4. The molecule has 0 unspecified atom stereocenters. The lowest BCUT2D eigenvalue weighted by Gasteiger charge is -2.07. The van der Waals surface area contributed by atoms with Crippen LogP contribution in [0.15, 0.2) is 60.8 Å². The number of benzene rings is 2. The highest BCUT2D eigenvalue weighted by Crippen LogP contribution is 2.23. The van der Waals surface area contributed by atoms with E-state index in [0.29, 0.717) is 5.52 Å². The minimum atomic E-state index is -1.46. The van der Waals surface area contributed by atoms with Crippen molar-refractivity contribution in [2.24, 2.45) is 0 Å². The topological polar surface area (TPSA) is 70.3 Å². The van der Waals surface area contributed by atoms with Crippen LogP contribution in [0.25, 0.3) is 27.4 Å². The fraction of sp³-hybridized carbons (Fsp3) is 0.0556. The number of carboxylic acid groups (broad SMARTS) is 1. The number of carbonyl (C=O) groups is 2. The molecule has 23 heavy (non-hydrogen) atoms. The predicted octanol–water partition coefficient (Wildman–Crippen LogP) is 1.04. The first-order valence-electron chi connectivity index (χ1n) is 6.95. The van der Waals surface area contributed by atoms with Gasteiger partial charge in [0.25, 0.3) is 5.70 Å². The Morgan fingerprint density at radius 2 is 1.70 bits per heavy atom. The van der Waals surface area contributed by atoms with Crippen LogP contribution in [-0.2, 0) is 14.3 Å². The zero-order chi connectivity index (χ0) is 16.4. The Morgan fingerprint density at radius 3 is 2.39 bits per heavy atom. The number of nitrogens with zero attached hydrogens (tertiary/aromatic N) is 1. The normalized spacial score (nSPS) is 11.6. The third-order valence-electron chi connectivity index (χ3n) is 3.59. The van der Waals surface area contributed by atoms with E-state index in [2.05, 4.69) is 0 Å². The van der Waals surface area contributed by atoms with E-state index < -0.39 is 11.9 Å². The summed E-state index contributed by atoms with van der Waals surface area (Å²) >= 11 is 0. The number of rotatable bonds is 3. The summed E-state index contributed by atoms with van der Waals surface area (Å²) < 4.78 is 6.22. The van der Waals surface area contributed by atoms with Gasteiger partial charge in [-0.2, -0.15) is 4.57 Å². The first-order valence-corrected chi connectivity index (χ1v) is 6.95. The van der Waals surface area contributed by atoms with Crippen LogP contribution in [0.3, 0.4) is 0 Å². The number of aliphatic carboxylic acids is 1. The van der Waals surface area contributed by atoms with Gasteiger partial charge < -0.3 is 14.6 Å². The van der Waals surface area contributed by atoms with E-state index in [0.717, 1.165) is 22.2 Å². The molecule has 3 rings (SSSR count). The number of hydrogen-bond donors (Lipinski definition) is 0. The van der Waals surface area contributed by atoms with Gasteiger partial charge in [-0.3, -0.25) is 0 Å². The zero-order valence-corrected chi connectivity index (χ0v) is 12.4. The van der Waals surface area contributed by atoms with E-state index in [1.165, 1.54) is 11.7 Å². The summed E-state index contributed by atoms with van der Waals surface area (Å²) in [4.78, 5) is 23.0. The minimum absolute atomic E-state index is 0.116.